The van der Waals surface area contributed by atoms with Crippen molar-refractivity contribution in [3.8, 4) is 33.8 Å². The van der Waals surface area contributed by atoms with E-state index in [4.69, 9.17) is 34.1 Å². The van der Waals surface area contributed by atoms with E-state index in [9.17, 15) is 9.59 Å². The number of hydrogen-bond donors (Lipinski definition) is 4. The van der Waals surface area contributed by atoms with Gasteiger partial charge in [-0.15, -0.1) is 0 Å². The summed E-state index contributed by atoms with van der Waals surface area (Å²) in [5.74, 6) is 1.00. The van der Waals surface area contributed by atoms with Gasteiger partial charge in [0.2, 0.25) is 0 Å². The highest BCUT2D eigenvalue weighted by molar-refractivity contribution is 6.13. The van der Waals surface area contributed by atoms with Gasteiger partial charge < -0.3 is 34.1 Å². The molecule has 0 spiro atoms. The highest BCUT2D eigenvalue weighted by atomic mass is 16.5. The van der Waals surface area contributed by atoms with Crippen LogP contribution in [-0.2, 0) is 22.4 Å². The molecule has 4 aliphatic heterocycles. The molecule has 16 bridgehead atoms. The fourth-order valence-corrected chi connectivity index (χ4v) is 13.9. The minimum atomic E-state index is -0.274. The predicted octanol–water partition coefficient (Wildman–Crippen LogP) is 16.6. The molecule has 0 fully saturated rings. The average molecular weight is 1110 g/mol. The number of aryl methyl sites for hydroxylation is 6. The summed E-state index contributed by atoms with van der Waals surface area (Å²) in [5, 5.41) is 0. The lowest BCUT2D eigenvalue weighted by atomic mass is 9.85. The minimum absolute atomic E-state index is 0.0672. The van der Waals surface area contributed by atoms with Gasteiger partial charge in [-0.1, -0.05) is 27.7 Å². The zero-order valence-corrected chi connectivity index (χ0v) is 50.8. The highest BCUT2D eigenvalue weighted by Crippen LogP contribution is 2.49. The number of carbonyl (C=O) groups excluding carboxylic acids is 2. The van der Waals surface area contributed by atoms with E-state index in [-0.39, 0.29) is 36.4 Å². The average Bonchev–Trinajstić information content (AvgIpc) is 2.45. The number of nitrogens with zero attached hydrogens (tertiary/aromatic N) is 4. The maximum atomic E-state index is 14.1. The Labute approximate surface area is 484 Å². The van der Waals surface area contributed by atoms with E-state index in [1.807, 2.05) is 19.1 Å². The van der Waals surface area contributed by atoms with Crippen LogP contribution in [0.15, 0.2) is 48.5 Å². The van der Waals surface area contributed by atoms with Crippen LogP contribution in [0, 0.1) is 34.6 Å². The summed E-state index contributed by atoms with van der Waals surface area (Å²) in [7, 11) is 4.84. The fourth-order valence-electron chi connectivity index (χ4n) is 13.9. The lowest BCUT2D eigenvalue weighted by Gasteiger charge is -2.16. The Morgan fingerprint density at radius 1 is 0.554 bits per heavy atom. The summed E-state index contributed by atoms with van der Waals surface area (Å²) in [4.78, 5) is 65.1. The number of benzene rings is 1. The minimum Gasteiger partial charge on any atom is -0.497 e. The third-order valence-corrected chi connectivity index (χ3v) is 19.1. The van der Waals surface area contributed by atoms with Crippen molar-refractivity contribution in [2.75, 3.05) is 21.3 Å². The number of hydrogen-bond acceptors (Lipinski definition) is 9. The number of ketones is 1. The molecule has 0 unspecified atom stereocenters. The molecule has 7 aromatic rings. The molecular formula is C70H74N8O5. The second-order valence-electron chi connectivity index (χ2n) is 23.2. The first-order chi connectivity index (χ1) is 39.8. The topological polar surface area (TPSA) is 177 Å². The number of aromatic amines is 4. The molecule has 0 saturated heterocycles. The van der Waals surface area contributed by atoms with Crippen LogP contribution in [0.4, 0.5) is 0 Å². The molecule has 6 aromatic heterocycles. The first-order valence-electron chi connectivity index (χ1n) is 29.3. The number of Topliss-reactive ketones (excluding diaryl/α,β-unsaturated/α-hetero) is 1. The first-order valence-corrected chi connectivity index (χ1v) is 29.3. The van der Waals surface area contributed by atoms with Gasteiger partial charge in [0.05, 0.1) is 77.7 Å². The summed E-state index contributed by atoms with van der Waals surface area (Å²) in [6.45, 7) is 28.4. The van der Waals surface area contributed by atoms with Crippen molar-refractivity contribution in [1.29, 1.82) is 0 Å². The van der Waals surface area contributed by atoms with Crippen LogP contribution in [0.5, 0.6) is 11.5 Å². The van der Waals surface area contributed by atoms with E-state index in [1.165, 1.54) is 12.7 Å². The summed E-state index contributed by atoms with van der Waals surface area (Å²) in [6.07, 6.45) is 3.30. The van der Waals surface area contributed by atoms with Gasteiger partial charge in [0.1, 0.15) is 11.5 Å². The highest BCUT2D eigenvalue weighted by Gasteiger charge is 2.37. The zero-order valence-electron chi connectivity index (χ0n) is 50.8. The SMILES string of the molecule is CCC1=C(C)c2cc3[nH]c(cc4nc(c5c6[nH]c(cc1n2)c(C)c6C(=O)C5)[C@@H](CCC(=O)OC)[C@@H]4C)c(C)c3-c1c2nc(cc3[nH]c(c(C)c3CC)c(-c3cc(OC)ccc3OC)c3nc(cc4[nH]c1c(C)c4C)C(CC)=C3C)C(C)=C2C. The number of ether oxygens (including phenoxy) is 3. The van der Waals surface area contributed by atoms with Gasteiger partial charge >= 0.3 is 5.97 Å². The monoisotopic (exact) mass is 1110 g/mol. The molecule has 10 heterocycles. The van der Waals surface area contributed by atoms with E-state index >= 15 is 0 Å². The number of nitrogens with one attached hydrogen (secondary N) is 4. The van der Waals surface area contributed by atoms with Crippen LogP contribution in [0.3, 0.4) is 0 Å². The number of methoxy groups -OCH3 is 3. The van der Waals surface area contributed by atoms with Crippen LogP contribution in [-0.4, -0.2) is 73.0 Å². The summed E-state index contributed by atoms with van der Waals surface area (Å²) in [5.41, 5.74) is 32.8. The van der Waals surface area contributed by atoms with Crippen LogP contribution in [0.25, 0.3) is 99.8 Å². The Morgan fingerprint density at radius 3 is 1.86 bits per heavy atom. The van der Waals surface area contributed by atoms with Crippen molar-refractivity contribution in [3.63, 3.8) is 0 Å². The van der Waals surface area contributed by atoms with Crippen molar-refractivity contribution >= 4 is 89.3 Å². The summed E-state index contributed by atoms with van der Waals surface area (Å²) in [6, 6.07) is 16.9. The second kappa shape index (κ2) is 20.7. The molecule has 2 atom stereocenters. The second-order valence-corrected chi connectivity index (χ2v) is 23.2. The Hall–Kier alpha value is -8.58. The van der Waals surface area contributed by atoms with E-state index in [0.717, 1.165) is 210 Å². The van der Waals surface area contributed by atoms with Gasteiger partial charge in [0.15, 0.2) is 5.78 Å². The summed E-state index contributed by atoms with van der Waals surface area (Å²) < 4.78 is 17.2. The standard InChI is InChI=1S/C70H74N8O5/c1-17-42-35(8)50-30-57-61(39(12)52(72-57)26-51-36(9)45(21-23-60(80)83-16)69(75-51)47-25-58(79)62-40(13)53(76-70(47)62)29-54(42)71-50)64-65-33(6)31(4)48(73-65)27-55-43(18-2)37(10)67(77-55)63(46-24-41(81-14)20-22-59(46)82-15)68-38(11)44(19-3)56(78-68)28-49-32(5)34(7)66(64)74-49/h20,22,24,26-30,36,45,72-73,76,78H,17-19,21,23,25H2,1-16H3/t36-,45-/m0/s1. The van der Waals surface area contributed by atoms with Crippen molar-refractivity contribution in [1.82, 2.24) is 39.9 Å². The van der Waals surface area contributed by atoms with Crippen molar-refractivity contribution in [2.24, 2.45) is 0 Å². The van der Waals surface area contributed by atoms with Crippen molar-refractivity contribution in [3.05, 3.63) is 139 Å². The van der Waals surface area contributed by atoms with Crippen LogP contribution < -0.4 is 9.47 Å². The molecule has 5 aliphatic rings. The Balaban J connectivity index is 1.25. The van der Waals surface area contributed by atoms with Crippen LogP contribution in [0.1, 0.15) is 188 Å². The number of rotatable bonds is 10. The molecule has 12 rings (SSSR count). The molecule has 424 valence electrons. The lowest BCUT2D eigenvalue weighted by Crippen LogP contribution is -2.09. The smallest absolute Gasteiger partial charge is 0.305 e. The predicted molar refractivity (Wildman–Crippen MR) is 337 cm³/mol. The summed E-state index contributed by atoms with van der Waals surface area (Å²) >= 11 is 0. The molecule has 0 saturated carbocycles. The van der Waals surface area contributed by atoms with Gasteiger partial charge in [-0.25, -0.2) is 15.0 Å². The lowest BCUT2D eigenvalue weighted by molar-refractivity contribution is -0.140. The number of aromatic nitrogens is 8. The van der Waals surface area contributed by atoms with E-state index < -0.39 is 0 Å². The molecule has 0 amide bonds. The van der Waals surface area contributed by atoms with E-state index in [1.54, 1.807) is 14.2 Å². The Kier molecular flexibility index (Phi) is 13.7. The number of carbonyl (C=O) groups is 2. The van der Waals surface area contributed by atoms with Gasteiger partial charge in [0, 0.05) is 91.3 Å². The van der Waals surface area contributed by atoms with Gasteiger partial charge in [-0.3, -0.25) is 14.6 Å². The molecule has 4 N–H and O–H groups in total. The van der Waals surface area contributed by atoms with Crippen LogP contribution in [0.2, 0.25) is 0 Å². The molecule has 1 aromatic carbocycles. The number of allylic oxidation sites excluding steroid dienone is 6. The first kappa shape index (κ1) is 55.0. The quantitative estimate of drug-likeness (QED) is 0.0971. The van der Waals surface area contributed by atoms with Crippen molar-refractivity contribution in [2.45, 2.75) is 140 Å². The molecule has 13 heteroatoms. The molecular weight excluding hydrogens is 1030 g/mol. The van der Waals surface area contributed by atoms with Gasteiger partial charge in [-0.2, -0.15) is 0 Å². The van der Waals surface area contributed by atoms with E-state index in [2.05, 4.69) is 139 Å². The largest absolute Gasteiger partial charge is 0.497 e. The molecule has 83 heavy (non-hydrogen) atoms. The third kappa shape index (κ3) is 8.54. The van der Waals surface area contributed by atoms with E-state index in [0.29, 0.717) is 12.0 Å². The maximum Gasteiger partial charge on any atom is 0.305 e. The number of esters is 1. The van der Waals surface area contributed by atoms with Crippen LogP contribution >= 0.6 is 0 Å². The number of H-pyrrole nitrogens is 4. The zero-order chi connectivity index (χ0) is 58.8. The van der Waals surface area contributed by atoms with Crippen molar-refractivity contribution < 1.29 is 23.8 Å². The fraction of sp³-hybridized carbons (Fsp3) is 0.343. The molecule has 13 nitrogen and oxygen atoms in total. The molecule has 1 aliphatic carbocycles. The Morgan fingerprint density at radius 2 is 1.16 bits per heavy atom. The van der Waals surface area contributed by atoms with Gasteiger partial charge in [-0.05, 0) is 203 Å². The van der Waals surface area contributed by atoms with Gasteiger partial charge in [0.25, 0.3) is 0 Å². The third-order valence-electron chi connectivity index (χ3n) is 19.1. The maximum absolute atomic E-state index is 14.1. The normalized spacial score (nSPS) is 15.8. The number of fused-ring (bicyclic) bond motifs is 16. The molecule has 0 radical (unpaired) electrons. The Bertz CT molecular complexity index is 4490.